The van der Waals surface area contributed by atoms with Crippen molar-refractivity contribution in [3.63, 3.8) is 0 Å². The number of allylic oxidation sites excluding steroid dienone is 1. The molecular formula is C3H4N2O2. The molecule has 7 heavy (non-hydrogen) atoms. The standard InChI is InChI=1S/C3H4N2O2/c1-2-3-4-5(6)7/h2-3H,1H2/b4-3-. The average Bonchev–Trinajstić information content (AvgIpc) is 1.61. The van der Waals surface area contributed by atoms with Crippen LogP contribution in [0.2, 0.25) is 0 Å². The van der Waals surface area contributed by atoms with E-state index in [9.17, 15) is 10.1 Å². The van der Waals surface area contributed by atoms with Crippen molar-refractivity contribution < 1.29 is 5.03 Å². The van der Waals surface area contributed by atoms with Crippen LogP contribution in [0.3, 0.4) is 0 Å². The van der Waals surface area contributed by atoms with Gasteiger partial charge in [-0.2, -0.15) is 0 Å². The molecule has 0 aliphatic rings. The van der Waals surface area contributed by atoms with Crippen molar-refractivity contribution in [3.05, 3.63) is 22.8 Å². The quantitative estimate of drug-likeness (QED) is 0.287. The van der Waals surface area contributed by atoms with Gasteiger partial charge in [0.1, 0.15) is 6.21 Å². The smallest absolute Gasteiger partial charge is 0.190 e. The summed E-state index contributed by atoms with van der Waals surface area (Å²) in [7, 11) is 0. The van der Waals surface area contributed by atoms with E-state index in [1.54, 1.807) is 0 Å². The van der Waals surface area contributed by atoms with E-state index in [0.717, 1.165) is 6.21 Å². The molecule has 0 atom stereocenters. The summed E-state index contributed by atoms with van der Waals surface area (Å²) in [5, 5.41) is 11.3. The van der Waals surface area contributed by atoms with Crippen LogP contribution < -0.4 is 0 Å². The van der Waals surface area contributed by atoms with Crippen molar-refractivity contribution in [2.45, 2.75) is 0 Å². The lowest BCUT2D eigenvalue weighted by atomic mass is 10.7. The Balaban J connectivity index is 3.46. The summed E-state index contributed by atoms with van der Waals surface area (Å²) < 4.78 is 0. The molecule has 0 amide bonds. The highest BCUT2D eigenvalue weighted by Crippen LogP contribution is 1.64. The highest BCUT2D eigenvalue weighted by molar-refractivity contribution is 5.69. The summed E-state index contributed by atoms with van der Waals surface area (Å²) in [6, 6.07) is 0. The predicted molar refractivity (Wildman–Crippen MR) is 25.7 cm³/mol. The van der Waals surface area contributed by atoms with E-state index in [4.69, 9.17) is 0 Å². The van der Waals surface area contributed by atoms with Crippen LogP contribution in [0.15, 0.2) is 17.8 Å². The topological polar surface area (TPSA) is 55.5 Å². The number of hydrogen-bond acceptors (Lipinski definition) is 2. The fourth-order valence-electron chi connectivity index (χ4n) is 0.102. The minimum Gasteiger partial charge on any atom is -0.233 e. The Morgan fingerprint density at radius 3 is 2.57 bits per heavy atom. The van der Waals surface area contributed by atoms with Gasteiger partial charge in [-0.1, -0.05) is 6.58 Å². The molecule has 0 aromatic heterocycles. The largest absolute Gasteiger partial charge is 0.233 e. The minimum atomic E-state index is -0.790. The normalized spacial score (nSPS) is 9.14. The first kappa shape index (κ1) is 5.81. The van der Waals surface area contributed by atoms with Crippen LogP contribution in [0.25, 0.3) is 0 Å². The molecule has 0 saturated heterocycles. The van der Waals surface area contributed by atoms with Crippen LogP contribution in [0.1, 0.15) is 0 Å². The molecule has 0 aromatic rings. The molecule has 0 heterocycles. The lowest BCUT2D eigenvalue weighted by molar-refractivity contribution is -0.484. The summed E-state index contributed by atoms with van der Waals surface area (Å²) in [5.41, 5.74) is 0. The monoisotopic (exact) mass is 100 g/mol. The van der Waals surface area contributed by atoms with Crippen molar-refractivity contribution >= 4 is 6.21 Å². The lowest BCUT2D eigenvalue weighted by Crippen LogP contribution is -1.82. The third kappa shape index (κ3) is 4.81. The second-order valence-corrected chi connectivity index (χ2v) is 0.738. The van der Waals surface area contributed by atoms with Gasteiger partial charge >= 0.3 is 0 Å². The summed E-state index contributed by atoms with van der Waals surface area (Å²) in [6.45, 7) is 3.18. The zero-order valence-corrected chi connectivity index (χ0v) is 3.57. The van der Waals surface area contributed by atoms with E-state index in [0.29, 0.717) is 0 Å². The Hall–Kier alpha value is -1.19. The van der Waals surface area contributed by atoms with Crippen LogP contribution in [0.5, 0.6) is 0 Å². The third-order valence-electron chi connectivity index (χ3n) is 0.266. The fraction of sp³-hybridized carbons (Fsp3) is 0. The first-order chi connectivity index (χ1) is 3.27. The third-order valence-corrected chi connectivity index (χ3v) is 0.266. The van der Waals surface area contributed by atoms with Crippen LogP contribution in [0, 0.1) is 10.1 Å². The average molecular weight is 100 g/mol. The fourth-order valence-corrected chi connectivity index (χ4v) is 0.102. The van der Waals surface area contributed by atoms with E-state index >= 15 is 0 Å². The first-order valence-corrected chi connectivity index (χ1v) is 1.56. The number of nitrogens with zero attached hydrogens (tertiary/aromatic N) is 2. The number of hydrogen-bond donors (Lipinski definition) is 0. The van der Waals surface area contributed by atoms with E-state index in [1.165, 1.54) is 6.08 Å². The van der Waals surface area contributed by atoms with Gasteiger partial charge in [-0.05, 0) is 6.08 Å². The SMILES string of the molecule is C=C/C=N\[N+](=O)[O-]. The van der Waals surface area contributed by atoms with Gasteiger partial charge < -0.3 is 0 Å². The molecule has 0 aliphatic carbocycles. The molecule has 0 bridgehead atoms. The molecule has 38 valence electrons. The van der Waals surface area contributed by atoms with Gasteiger partial charge in [0.05, 0.1) is 5.10 Å². The molecule has 0 fully saturated rings. The van der Waals surface area contributed by atoms with Crippen molar-refractivity contribution in [1.29, 1.82) is 0 Å². The highest BCUT2D eigenvalue weighted by atomic mass is 16.7. The van der Waals surface area contributed by atoms with E-state index in [-0.39, 0.29) is 0 Å². The van der Waals surface area contributed by atoms with Gasteiger partial charge in [-0.3, -0.25) is 0 Å². The van der Waals surface area contributed by atoms with Gasteiger partial charge in [0.25, 0.3) is 0 Å². The van der Waals surface area contributed by atoms with Gasteiger partial charge in [0.15, 0.2) is 5.03 Å². The molecule has 4 nitrogen and oxygen atoms in total. The predicted octanol–water partition coefficient (Wildman–Crippen LogP) is 0.435. The van der Waals surface area contributed by atoms with Crippen LogP contribution in [0.4, 0.5) is 0 Å². The maximum absolute atomic E-state index is 9.32. The Kier molecular flexibility index (Phi) is 2.50. The Morgan fingerprint density at radius 2 is 2.43 bits per heavy atom. The molecule has 0 N–H and O–H groups in total. The molecule has 0 rings (SSSR count). The summed E-state index contributed by atoms with van der Waals surface area (Å²) in [5.74, 6) is 0. The zero-order chi connectivity index (χ0) is 5.70. The van der Waals surface area contributed by atoms with Crippen molar-refractivity contribution in [3.8, 4) is 0 Å². The van der Waals surface area contributed by atoms with E-state index in [1.807, 2.05) is 0 Å². The Bertz CT molecular complexity index is 108. The molecular weight excluding hydrogens is 96.0 g/mol. The maximum Gasteiger partial charge on any atom is 0.190 e. The molecule has 0 saturated carbocycles. The second-order valence-electron chi connectivity index (χ2n) is 0.738. The maximum atomic E-state index is 9.32. The molecule has 0 spiro atoms. The molecule has 4 heteroatoms. The van der Waals surface area contributed by atoms with Crippen molar-refractivity contribution in [2.75, 3.05) is 0 Å². The van der Waals surface area contributed by atoms with Gasteiger partial charge in [-0.15, -0.1) is 0 Å². The number of hydrazone groups is 1. The number of rotatable bonds is 2. The Morgan fingerprint density at radius 1 is 1.86 bits per heavy atom. The first-order valence-electron chi connectivity index (χ1n) is 1.56. The zero-order valence-electron chi connectivity index (χ0n) is 3.57. The molecule has 0 radical (unpaired) electrons. The molecule has 0 aromatic carbocycles. The number of nitro groups is 1. The van der Waals surface area contributed by atoms with Crippen molar-refractivity contribution in [2.24, 2.45) is 5.10 Å². The van der Waals surface area contributed by atoms with Gasteiger partial charge in [0.2, 0.25) is 0 Å². The van der Waals surface area contributed by atoms with Crippen LogP contribution in [-0.4, -0.2) is 11.2 Å². The minimum absolute atomic E-state index is 0.790. The van der Waals surface area contributed by atoms with Gasteiger partial charge in [-0.25, -0.2) is 10.1 Å². The summed E-state index contributed by atoms with van der Waals surface area (Å²) in [6.07, 6.45) is 2.25. The second kappa shape index (κ2) is 3.02. The summed E-state index contributed by atoms with van der Waals surface area (Å²) in [4.78, 5) is 9.32. The highest BCUT2D eigenvalue weighted by Gasteiger charge is 1.77. The molecule has 0 aliphatic heterocycles. The van der Waals surface area contributed by atoms with Gasteiger partial charge in [0, 0.05) is 0 Å². The van der Waals surface area contributed by atoms with E-state index in [2.05, 4.69) is 11.7 Å². The van der Waals surface area contributed by atoms with Crippen molar-refractivity contribution in [1.82, 2.24) is 0 Å². The Labute approximate surface area is 40.3 Å². The van der Waals surface area contributed by atoms with Crippen LogP contribution in [-0.2, 0) is 0 Å². The van der Waals surface area contributed by atoms with Crippen LogP contribution >= 0.6 is 0 Å². The molecule has 0 unspecified atom stereocenters. The summed E-state index contributed by atoms with van der Waals surface area (Å²) >= 11 is 0. The van der Waals surface area contributed by atoms with E-state index < -0.39 is 5.03 Å². The lowest BCUT2D eigenvalue weighted by Gasteiger charge is -1.67.